The van der Waals surface area contributed by atoms with Crippen LogP contribution in [0.4, 0.5) is 5.69 Å². The number of nitrogens with one attached hydrogen (secondary N) is 1. The van der Waals surface area contributed by atoms with Crippen molar-refractivity contribution < 1.29 is 0 Å². The Bertz CT molecular complexity index is 307. The molecule has 1 aliphatic rings. The van der Waals surface area contributed by atoms with Crippen molar-refractivity contribution in [2.45, 2.75) is 31.6 Å². The van der Waals surface area contributed by atoms with Crippen molar-refractivity contribution >= 4 is 5.69 Å². The number of hydrogen-bond donors (Lipinski definition) is 2. The Morgan fingerprint density at radius 3 is 2.93 bits per heavy atom. The van der Waals surface area contributed by atoms with Crippen LogP contribution in [-0.2, 0) is 0 Å². The van der Waals surface area contributed by atoms with E-state index in [0.717, 1.165) is 12.2 Å². The molecule has 0 spiro atoms. The fourth-order valence-corrected chi connectivity index (χ4v) is 2.21. The van der Waals surface area contributed by atoms with Crippen LogP contribution in [-0.4, -0.2) is 23.1 Å². The lowest BCUT2D eigenvalue weighted by Gasteiger charge is -2.14. The van der Waals surface area contributed by atoms with Gasteiger partial charge in [-0.15, -0.1) is 0 Å². The Morgan fingerprint density at radius 1 is 1.40 bits per heavy atom. The van der Waals surface area contributed by atoms with E-state index in [9.17, 15) is 0 Å². The number of nitrogens with zero attached hydrogens (tertiary/aromatic N) is 2. The number of nitrogens with two attached hydrogens (primary N) is 1. The van der Waals surface area contributed by atoms with Crippen LogP contribution in [0.15, 0.2) is 12.5 Å². The maximum atomic E-state index is 5.48. The summed E-state index contributed by atoms with van der Waals surface area (Å²) in [6.45, 7) is 1.42. The predicted molar refractivity (Wildman–Crippen MR) is 60.8 cm³/mol. The highest BCUT2D eigenvalue weighted by Gasteiger charge is 2.20. The molecule has 0 amide bonds. The van der Waals surface area contributed by atoms with Gasteiger partial charge in [-0.05, 0) is 12.8 Å². The smallest absolute Gasteiger partial charge is 0.115 e. The molecule has 1 aliphatic carbocycles. The van der Waals surface area contributed by atoms with Crippen molar-refractivity contribution in [3.63, 3.8) is 0 Å². The molecule has 1 heterocycles. The molecule has 0 atom stereocenters. The number of anilines is 1. The van der Waals surface area contributed by atoms with Crippen LogP contribution in [0, 0.1) is 0 Å². The maximum Gasteiger partial charge on any atom is 0.115 e. The van der Waals surface area contributed by atoms with Crippen LogP contribution < -0.4 is 11.1 Å². The number of aromatic nitrogens is 2. The standard InChI is InChI=1S/C11H18N4/c12-5-6-14-10-7-13-8-15-11(10)9-3-1-2-4-9/h7-9,14H,1-6,12H2. The molecule has 0 bridgehead atoms. The summed E-state index contributed by atoms with van der Waals surface area (Å²) >= 11 is 0. The van der Waals surface area contributed by atoms with Crippen molar-refractivity contribution in [1.29, 1.82) is 0 Å². The summed E-state index contributed by atoms with van der Waals surface area (Å²) in [5.74, 6) is 0.619. The Balaban J connectivity index is 2.13. The zero-order valence-electron chi connectivity index (χ0n) is 8.95. The predicted octanol–water partition coefficient (Wildman–Crippen LogP) is 1.50. The Labute approximate surface area is 90.3 Å². The molecule has 4 nitrogen and oxygen atoms in total. The first kappa shape index (κ1) is 10.4. The lowest BCUT2D eigenvalue weighted by molar-refractivity contribution is 0.695. The van der Waals surface area contributed by atoms with Gasteiger partial charge in [-0.3, -0.25) is 0 Å². The first-order valence-electron chi connectivity index (χ1n) is 5.65. The molecule has 1 aromatic rings. The van der Waals surface area contributed by atoms with Crippen LogP contribution >= 0.6 is 0 Å². The van der Waals surface area contributed by atoms with Gasteiger partial charge >= 0.3 is 0 Å². The van der Waals surface area contributed by atoms with Crippen molar-refractivity contribution in [3.8, 4) is 0 Å². The van der Waals surface area contributed by atoms with E-state index in [-0.39, 0.29) is 0 Å². The van der Waals surface area contributed by atoms with Crippen LogP contribution in [0.2, 0.25) is 0 Å². The monoisotopic (exact) mass is 206 g/mol. The summed E-state index contributed by atoms with van der Waals surface area (Å²) in [5, 5.41) is 3.29. The highest BCUT2D eigenvalue weighted by Crippen LogP contribution is 2.35. The van der Waals surface area contributed by atoms with Crippen LogP contribution in [0.1, 0.15) is 37.3 Å². The van der Waals surface area contributed by atoms with Gasteiger partial charge in [0.05, 0.1) is 17.6 Å². The topological polar surface area (TPSA) is 63.8 Å². The number of rotatable bonds is 4. The Hall–Kier alpha value is -1.16. The normalized spacial score (nSPS) is 16.9. The van der Waals surface area contributed by atoms with Gasteiger partial charge in [0.2, 0.25) is 0 Å². The van der Waals surface area contributed by atoms with E-state index >= 15 is 0 Å². The van der Waals surface area contributed by atoms with E-state index in [1.54, 1.807) is 6.33 Å². The molecule has 1 fully saturated rings. The quantitative estimate of drug-likeness (QED) is 0.783. The molecular weight excluding hydrogens is 188 g/mol. The van der Waals surface area contributed by atoms with Crippen molar-refractivity contribution in [1.82, 2.24) is 9.97 Å². The van der Waals surface area contributed by atoms with Gasteiger partial charge in [0, 0.05) is 19.0 Å². The minimum atomic E-state index is 0.619. The third kappa shape index (κ3) is 2.45. The van der Waals surface area contributed by atoms with Gasteiger partial charge in [-0.1, -0.05) is 12.8 Å². The van der Waals surface area contributed by atoms with E-state index in [0.29, 0.717) is 12.5 Å². The first-order valence-corrected chi connectivity index (χ1v) is 5.65. The van der Waals surface area contributed by atoms with Gasteiger partial charge in [-0.25, -0.2) is 9.97 Å². The molecule has 0 radical (unpaired) electrons. The van der Waals surface area contributed by atoms with Gasteiger partial charge in [0.15, 0.2) is 0 Å². The molecule has 0 aliphatic heterocycles. The molecule has 2 rings (SSSR count). The third-order valence-electron chi connectivity index (χ3n) is 2.94. The Morgan fingerprint density at radius 2 is 2.20 bits per heavy atom. The van der Waals surface area contributed by atoms with Crippen molar-refractivity contribution in [2.24, 2.45) is 5.73 Å². The average Bonchev–Trinajstić information content (AvgIpc) is 2.80. The zero-order chi connectivity index (χ0) is 10.5. The van der Waals surface area contributed by atoms with E-state index in [2.05, 4.69) is 15.3 Å². The van der Waals surface area contributed by atoms with E-state index in [4.69, 9.17) is 5.73 Å². The van der Waals surface area contributed by atoms with Crippen molar-refractivity contribution in [3.05, 3.63) is 18.2 Å². The fraction of sp³-hybridized carbons (Fsp3) is 0.636. The lowest BCUT2D eigenvalue weighted by atomic mass is 10.0. The van der Waals surface area contributed by atoms with Gasteiger partial charge in [-0.2, -0.15) is 0 Å². The fourth-order valence-electron chi connectivity index (χ4n) is 2.21. The van der Waals surface area contributed by atoms with Crippen LogP contribution in [0.3, 0.4) is 0 Å². The molecule has 3 N–H and O–H groups in total. The lowest BCUT2D eigenvalue weighted by Crippen LogP contribution is -2.15. The van der Waals surface area contributed by atoms with Crippen LogP contribution in [0.5, 0.6) is 0 Å². The summed E-state index contributed by atoms with van der Waals surface area (Å²) < 4.78 is 0. The third-order valence-corrected chi connectivity index (χ3v) is 2.94. The largest absolute Gasteiger partial charge is 0.381 e. The highest BCUT2D eigenvalue weighted by molar-refractivity contribution is 5.47. The second kappa shape index (κ2) is 5.07. The van der Waals surface area contributed by atoms with Gasteiger partial charge in [0.1, 0.15) is 6.33 Å². The molecule has 0 saturated heterocycles. The maximum absolute atomic E-state index is 5.48. The molecule has 15 heavy (non-hydrogen) atoms. The molecule has 1 saturated carbocycles. The zero-order valence-corrected chi connectivity index (χ0v) is 8.95. The average molecular weight is 206 g/mol. The minimum absolute atomic E-state index is 0.619. The summed E-state index contributed by atoms with van der Waals surface area (Å²) in [6, 6.07) is 0. The number of hydrogen-bond acceptors (Lipinski definition) is 4. The SMILES string of the molecule is NCCNc1cncnc1C1CCCC1. The summed E-state index contributed by atoms with van der Waals surface area (Å²) in [5.41, 5.74) is 7.72. The highest BCUT2D eigenvalue weighted by atomic mass is 15.0. The molecule has 1 aromatic heterocycles. The van der Waals surface area contributed by atoms with E-state index in [1.165, 1.54) is 31.4 Å². The van der Waals surface area contributed by atoms with Gasteiger partial charge < -0.3 is 11.1 Å². The van der Waals surface area contributed by atoms with Crippen LogP contribution in [0.25, 0.3) is 0 Å². The molecule has 4 heteroatoms. The minimum Gasteiger partial charge on any atom is -0.381 e. The summed E-state index contributed by atoms with van der Waals surface area (Å²) in [7, 11) is 0. The molecule has 0 aromatic carbocycles. The molecular formula is C11H18N4. The van der Waals surface area contributed by atoms with E-state index in [1.807, 2.05) is 6.20 Å². The summed E-state index contributed by atoms with van der Waals surface area (Å²) in [6.07, 6.45) is 8.66. The summed E-state index contributed by atoms with van der Waals surface area (Å²) in [4.78, 5) is 8.45. The second-order valence-electron chi connectivity index (χ2n) is 4.02. The Kier molecular flexibility index (Phi) is 3.50. The molecule has 82 valence electrons. The van der Waals surface area contributed by atoms with E-state index < -0.39 is 0 Å². The van der Waals surface area contributed by atoms with Gasteiger partial charge in [0.25, 0.3) is 0 Å². The van der Waals surface area contributed by atoms with Crippen molar-refractivity contribution in [2.75, 3.05) is 18.4 Å². The second-order valence-corrected chi connectivity index (χ2v) is 4.02. The molecule has 0 unspecified atom stereocenters. The first-order chi connectivity index (χ1) is 7.42.